The molecular formula is C7H10F2O3. The van der Waals surface area contributed by atoms with Gasteiger partial charge in [0.1, 0.15) is 6.10 Å². The first-order valence-electron chi connectivity index (χ1n) is 3.64. The van der Waals surface area contributed by atoms with Crippen molar-refractivity contribution in [1.82, 2.24) is 0 Å². The molecule has 1 heterocycles. The molecule has 0 bridgehead atoms. The predicted molar refractivity (Wildman–Crippen MR) is 35.9 cm³/mol. The van der Waals surface area contributed by atoms with E-state index in [2.05, 4.69) is 4.74 Å². The molecule has 1 fully saturated rings. The molecule has 2 unspecified atom stereocenters. The van der Waals surface area contributed by atoms with E-state index in [1.54, 1.807) is 0 Å². The quantitative estimate of drug-likeness (QED) is 0.590. The standard InChI is InChI=1S/C7H10F2O3/c1-11-7(10)4-2-3-12-5(4)6(8)9/h4-6H,2-3H2,1H3. The van der Waals surface area contributed by atoms with Crippen LogP contribution in [0.3, 0.4) is 0 Å². The fourth-order valence-corrected chi connectivity index (χ4v) is 1.26. The molecule has 1 saturated heterocycles. The van der Waals surface area contributed by atoms with Crippen molar-refractivity contribution in [2.75, 3.05) is 13.7 Å². The lowest BCUT2D eigenvalue weighted by molar-refractivity contribution is -0.150. The van der Waals surface area contributed by atoms with Gasteiger partial charge in [0.25, 0.3) is 6.43 Å². The smallest absolute Gasteiger partial charge is 0.311 e. The maximum atomic E-state index is 12.2. The van der Waals surface area contributed by atoms with Gasteiger partial charge in [0.2, 0.25) is 0 Å². The molecule has 0 radical (unpaired) electrons. The first kappa shape index (κ1) is 9.38. The molecule has 0 aromatic heterocycles. The van der Waals surface area contributed by atoms with E-state index in [-0.39, 0.29) is 6.61 Å². The number of hydrogen-bond acceptors (Lipinski definition) is 3. The van der Waals surface area contributed by atoms with Crippen molar-refractivity contribution in [3.05, 3.63) is 0 Å². The van der Waals surface area contributed by atoms with Crippen molar-refractivity contribution in [1.29, 1.82) is 0 Å². The number of methoxy groups -OCH3 is 1. The number of halogens is 2. The zero-order chi connectivity index (χ0) is 9.14. The van der Waals surface area contributed by atoms with Crippen LogP contribution in [-0.2, 0) is 14.3 Å². The monoisotopic (exact) mass is 180 g/mol. The molecule has 70 valence electrons. The Balaban J connectivity index is 2.57. The topological polar surface area (TPSA) is 35.5 Å². The third-order valence-corrected chi connectivity index (χ3v) is 1.89. The lowest BCUT2D eigenvalue weighted by Crippen LogP contribution is -2.31. The summed E-state index contributed by atoms with van der Waals surface area (Å²) in [7, 11) is 1.18. The fourth-order valence-electron chi connectivity index (χ4n) is 1.26. The molecule has 5 heteroatoms. The van der Waals surface area contributed by atoms with Crippen LogP contribution in [-0.4, -0.2) is 32.2 Å². The number of hydrogen-bond donors (Lipinski definition) is 0. The lowest BCUT2D eigenvalue weighted by atomic mass is 10.0. The first-order chi connectivity index (χ1) is 5.66. The Bertz CT molecular complexity index is 172. The van der Waals surface area contributed by atoms with Gasteiger partial charge in [-0.15, -0.1) is 0 Å². The van der Waals surface area contributed by atoms with E-state index < -0.39 is 24.4 Å². The normalized spacial score (nSPS) is 29.3. The Hall–Kier alpha value is -0.710. The Kier molecular flexibility index (Phi) is 2.97. The number of esters is 1. The van der Waals surface area contributed by atoms with Gasteiger partial charge in [0, 0.05) is 6.61 Å². The predicted octanol–water partition coefficient (Wildman–Crippen LogP) is 0.830. The molecule has 0 amide bonds. The second kappa shape index (κ2) is 3.80. The second-order valence-corrected chi connectivity index (χ2v) is 2.59. The number of alkyl halides is 2. The summed E-state index contributed by atoms with van der Waals surface area (Å²) in [5.41, 5.74) is 0. The van der Waals surface area contributed by atoms with Gasteiger partial charge >= 0.3 is 5.97 Å². The minimum absolute atomic E-state index is 0.203. The maximum absolute atomic E-state index is 12.2. The fraction of sp³-hybridized carbons (Fsp3) is 0.857. The van der Waals surface area contributed by atoms with Crippen LogP contribution in [0, 0.1) is 5.92 Å². The average Bonchev–Trinajstić information content (AvgIpc) is 2.50. The highest BCUT2D eigenvalue weighted by atomic mass is 19.3. The zero-order valence-corrected chi connectivity index (χ0v) is 6.63. The van der Waals surface area contributed by atoms with Crippen LogP contribution < -0.4 is 0 Å². The summed E-state index contributed by atoms with van der Waals surface area (Å²) in [4.78, 5) is 10.9. The van der Waals surface area contributed by atoms with E-state index in [9.17, 15) is 13.6 Å². The Morgan fingerprint density at radius 1 is 1.67 bits per heavy atom. The highest BCUT2D eigenvalue weighted by Gasteiger charge is 2.40. The molecule has 1 aliphatic rings. The minimum Gasteiger partial charge on any atom is -0.469 e. The molecule has 2 atom stereocenters. The molecule has 0 saturated carbocycles. The van der Waals surface area contributed by atoms with Crippen LogP contribution in [0.25, 0.3) is 0 Å². The summed E-state index contributed by atoms with van der Waals surface area (Å²) in [6.45, 7) is 0.203. The molecule has 12 heavy (non-hydrogen) atoms. The summed E-state index contributed by atoms with van der Waals surface area (Å²) < 4.78 is 33.4. The van der Waals surface area contributed by atoms with Crippen LogP contribution in [0.2, 0.25) is 0 Å². The maximum Gasteiger partial charge on any atom is 0.311 e. The van der Waals surface area contributed by atoms with Crippen LogP contribution >= 0.6 is 0 Å². The Morgan fingerprint density at radius 3 is 2.83 bits per heavy atom. The van der Waals surface area contributed by atoms with Gasteiger partial charge in [-0.1, -0.05) is 0 Å². The van der Waals surface area contributed by atoms with Crippen molar-refractivity contribution in [2.45, 2.75) is 19.0 Å². The van der Waals surface area contributed by atoms with Gasteiger partial charge < -0.3 is 9.47 Å². The van der Waals surface area contributed by atoms with Crippen molar-refractivity contribution < 1.29 is 23.0 Å². The Labute approximate surface area is 68.6 Å². The number of ether oxygens (including phenoxy) is 2. The molecule has 0 N–H and O–H groups in total. The van der Waals surface area contributed by atoms with E-state index in [4.69, 9.17) is 4.74 Å². The van der Waals surface area contributed by atoms with Gasteiger partial charge in [0.15, 0.2) is 0 Å². The first-order valence-corrected chi connectivity index (χ1v) is 3.64. The molecule has 3 nitrogen and oxygen atoms in total. The number of carbonyl (C=O) groups is 1. The summed E-state index contributed by atoms with van der Waals surface area (Å²) in [5.74, 6) is -1.41. The van der Waals surface area contributed by atoms with Gasteiger partial charge in [-0.2, -0.15) is 0 Å². The van der Waals surface area contributed by atoms with E-state index >= 15 is 0 Å². The van der Waals surface area contributed by atoms with Crippen molar-refractivity contribution in [2.24, 2.45) is 5.92 Å². The van der Waals surface area contributed by atoms with Gasteiger partial charge in [-0.05, 0) is 6.42 Å². The van der Waals surface area contributed by atoms with Gasteiger partial charge in [-0.3, -0.25) is 4.79 Å². The van der Waals surface area contributed by atoms with Crippen LogP contribution in [0.15, 0.2) is 0 Å². The Morgan fingerprint density at radius 2 is 2.33 bits per heavy atom. The van der Waals surface area contributed by atoms with E-state index in [1.165, 1.54) is 7.11 Å². The van der Waals surface area contributed by atoms with E-state index in [1.807, 2.05) is 0 Å². The largest absolute Gasteiger partial charge is 0.469 e. The van der Waals surface area contributed by atoms with E-state index in [0.717, 1.165) is 0 Å². The third-order valence-electron chi connectivity index (χ3n) is 1.89. The molecule has 0 spiro atoms. The zero-order valence-electron chi connectivity index (χ0n) is 6.63. The average molecular weight is 180 g/mol. The van der Waals surface area contributed by atoms with Crippen LogP contribution in [0.5, 0.6) is 0 Å². The summed E-state index contributed by atoms with van der Waals surface area (Å²) >= 11 is 0. The van der Waals surface area contributed by atoms with E-state index in [0.29, 0.717) is 6.42 Å². The minimum atomic E-state index is -2.61. The van der Waals surface area contributed by atoms with Crippen molar-refractivity contribution in [3.63, 3.8) is 0 Å². The number of rotatable bonds is 2. The molecule has 1 rings (SSSR count). The van der Waals surface area contributed by atoms with Gasteiger partial charge in [0.05, 0.1) is 13.0 Å². The highest BCUT2D eigenvalue weighted by molar-refractivity contribution is 5.73. The number of carbonyl (C=O) groups excluding carboxylic acids is 1. The lowest BCUT2D eigenvalue weighted by Gasteiger charge is -2.14. The summed E-state index contributed by atoms with van der Waals surface area (Å²) in [6, 6.07) is 0. The molecule has 0 aliphatic carbocycles. The third kappa shape index (κ3) is 1.72. The van der Waals surface area contributed by atoms with Crippen molar-refractivity contribution in [3.8, 4) is 0 Å². The van der Waals surface area contributed by atoms with Crippen molar-refractivity contribution >= 4 is 5.97 Å². The molecule has 0 aromatic rings. The molecule has 1 aliphatic heterocycles. The highest BCUT2D eigenvalue weighted by Crippen LogP contribution is 2.26. The molecule has 0 aromatic carbocycles. The summed E-state index contributed by atoms with van der Waals surface area (Å²) in [5, 5.41) is 0. The molecular weight excluding hydrogens is 170 g/mol. The second-order valence-electron chi connectivity index (χ2n) is 2.59. The summed E-state index contributed by atoms with van der Waals surface area (Å²) in [6.07, 6.45) is -3.57. The SMILES string of the molecule is COC(=O)C1CCOC1C(F)F. The van der Waals surface area contributed by atoms with Crippen LogP contribution in [0.1, 0.15) is 6.42 Å². The van der Waals surface area contributed by atoms with Gasteiger partial charge in [-0.25, -0.2) is 8.78 Å². The van der Waals surface area contributed by atoms with Crippen LogP contribution in [0.4, 0.5) is 8.78 Å².